The van der Waals surface area contributed by atoms with E-state index in [1.165, 1.54) is 0 Å². The quantitative estimate of drug-likeness (QED) is 0.639. The minimum Gasteiger partial charge on any atom is -0.350 e. The van der Waals surface area contributed by atoms with Gasteiger partial charge in [-0.15, -0.1) is 0 Å². The fraction of sp³-hybridized carbons (Fsp3) is 0.222. The fourth-order valence-corrected chi connectivity index (χ4v) is 2.63. The molecule has 0 fully saturated rings. The van der Waals surface area contributed by atoms with Gasteiger partial charge in [-0.3, -0.25) is 4.79 Å². The number of urea groups is 1. The molecule has 5 nitrogen and oxygen atoms in total. The molecule has 2 rings (SSSR count). The number of hydrogen-bond donors (Lipinski definition) is 3. The SMILES string of the molecule is CC(NC(=O)CCNC(=O)Nc1ccc(Br)cc1)c1cccc(Cl)c1. The molecule has 0 aliphatic heterocycles. The number of rotatable bonds is 6. The van der Waals surface area contributed by atoms with E-state index in [-0.39, 0.29) is 30.9 Å². The van der Waals surface area contributed by atoms with Crippen molar-refractivity contribution in [2.24, 2.45) is 0 Å². The lowest BCUT2D eigenvalue weighted by Gasteiger charge is -2.15. The van der Waals surface area contributed by atoms with Gasteiger partial charge in [-0.2, -0.15) is 0 Å². The first-order valence-electron chi connectivity index (χ1n) is 7.79. The molecule has 1 unspecified atom stereocenters. The molecule has 0 heterocycles. The van der Waals surface area contributed by atoms with E-state index >= 15 is 0 Å². The van der Waals surface area contributed by atoms with Crippen molar-refractivity contribution in [1.82, 2.24) is 10.6 Å². The molecule has 25 heavy (non-hydrogen) atoms. The molecule has 0 aliphatic carbocycles. The Morgan fingerprint density at radius 3 is 2.56 bits per heavy atom. The highest BCUT2D eigenvalue weighted by Gasteiger charge is 2.10. The van der Waals surface area contributed by atoms with E-state index in [0.717, 1.165) is 10.0 Å². The monoisotopic (exact) mass is 423 g/mol. The van der Waals surface area contributed by atoms with Gasteiger partial charge in [0.15, 0.2) is 0 Å². The third-order valence-corrected chi connectivity index (χ3v) is 4.23. The molecule has 0 saturated carbocycles. The van der Waals surface area contributed by atoms with Crippen LogP contribution in [-0.2, 0) is 4.79 Å². The van der Waals surface area contributed by atoms with Crippen molar-refractivity contribution in [2.75, 3.05) is 11.9 Å². The molecule has 0 bridgehead atoms. The van der Waals surface area contributed by atoms with Crippen LogP contribution in [0, 0.1) is 0 Å². The van der Waals surface area contributed by atoms with Gasteiger partial charge in [0.2, 0.25) is 5.91 Å². The summed E-state index contributed by atoms with van der Waals surface area (Å²) < 4.78 is 0.934. The summed E-state index contributed by atoms with van der Waals surface area (Å²) in [6.07, 6.45) is 0.193. The van der Waals surface area contributed by atoms with Gasteiger partial charge in [0.05, 0.1) is 6.04 Å². The summed E-state index contributed by atoms with van der Waals surface area (Å²) in [5.41, 5.74) is 1.61. The molecule has 3 amide bonds. The molecule has 0 aromatic heterocycles. The maximum atomic E-state index is 12.0. The lowest BCUT2D eigenvalue weighted by atomic mass is 10.1. The number of halogens is 2. The molecule has 132 valence electrons. The van der Waals surface area contributed by atoms with Gasteiger partial charge in [-0.1, -0.05) is 39.7 Å². The van der Waals surface area contributed by atoms with Crippen molar-refractivity contribution >= 4 is 45.2 Å². The maximum Gasteiger partial charge on any atom is 0.319 e. The lowest BCUT2D eigenvalue weighted by Crippen LogP contribution is -2.34. The van der Waals surface area contributed by atoms with Crippen LogP contribution in [0.15, 0.2) is 53.0 Å². The third kappa shape index (κ3) is 6.76. The molecule has 0 saturated heterocycles. The van der Waals surface area contributed by atoms with Crippen LogP contribution in [0.3, 0.4) is 0 Å². The second-order valence-electron chi connectivity index (χ2n) is 5.48. The number of hydrogen-bond acceptors (Lipinski definition) is 2. The van der Waals surface area contributed by atoms with E-state index in [1.54, 1.807) is 18.2 Å². The van der Waals surface area contributed by atoms with Gasteiger partial charge in [0.25, 0.3) is 0 Å². The molecular weight excluding hydrogens is 406 g/mol. The van der Waals surface area contributed by atoms with Gasteiger partial charge < -0.3 is 16.0 Å². The zero-order valence-corrected chi connectivity index (χ0v) is 16.0. The molecular formula is C18H19BrClN3O2. The average Bonchev–Trinajstić information content (AvgIpc) is 2.57. The minimum absolute atomic E-state index is 0.142. The Bertz CT molecular complexity index is 737. The standard InChI is InChI=1S/C18H19BrClN3O2/c1-12(13-3-2-4-15(20)11-13)22-17(24)9-10-21-18(25)23-16-7-5-14(19)6-8-16/h2-8,11-12H,9-10H2,1H3,(H,22,24)(H2,21,23,25). The summed E-state index contributed by atoms with van der Waals surface area (Å²) in [7, 11) is 0. The summed E-state index contributed by atoms with van der Waals surface area (Å²) in [6.45, 7) is 2.13. The number of benzene rings is 2. The van der Waals surface area contributed by atoms with Crippen LogP contribution in [0.5, 0.6) is 0 Å². The van der Waals surface area contributed by atoms with Crippen LogP contribution in [0.4, 0.5) is 10.5 Å². The zero-order chi connectivity index (χ0) is 18.2. The number of amides is 3. The minimum atomic E-state index is -0.349. The molecule has 7 heteroatoms. The van der Waals surface area contributed by atoms with Gasteiger partial charge in [-0.05, 0) is 48.9 Å². The number of carbonyl (C=O) groups is 2. The van der Waals surface area contributed by atoms with Crippen LogP contribution in [0.1, 0.15) is 24.9 Å². The van der Waals surface area contributed by atoms with Gasteiger partial charge in [0, 0.05) is 28.1 Å². The highest BCUT2D eigenvalue weighted by atomic mass is 79.9. The Labute approximate surface area is 160 Å². The Kier molecular flexibility index (Phi) is 7.28. The van der Waals surface area contributed by atoms with Crippen molar-refractivity contribution in [3.63, 3.8) is 0 Å². The number of carbonyl (C=O) groups excluding carboxylic acids is 2. The molecule has 0 spiro atoms. The zero-order valence-electron chi connectivity index (χ0n) is 13.7. The summed E-state index contributed by atoms with van der Waals surface area (Å²) in [6, 6.07) is 14.1. The number of nitrogens with one attached hydrogen (secondary N) is 3. The topological polar surface area (TPSA) is 70.2 Å². The second kappa shape index (κ2) is 9.44. The van der Waals surface area contributed by atoms with Gasteiger partial charge in [0.1, 0.15) is 0 Å². The number of anilines is 1. The highest BCUT2D eigenvalue weighted by Crippen LogP contribution is 2.17. The van der Waals surface area contributed by atoms with Crippen LogP contribution in [-0.4, -0.2) is 18.5 Å². The fourth-order valence-electron chi connectivity index (χ4n) is 2.17. The predicted molar refractivity (Wildman–Crippen MR) is 104 cm³/mol. The van der Waals surface area contributed by atoms with Crippen LogP contribution >= 0.6 is 27.5 Å². The van der Waals surface area contributed by atoms with Gasteiger partial charge in [-0.25, -0.2) is 4.79 Å². The van der Waals surface area contributed by atoms with Crippen LogP contribution in [0.25, 0.3) is 0 Å². The summed E-state index contributed by atoms with van der Waals surface area (Å²) in [4.78, 5) is 23.7. The van der Waals surface area contributed by atoms with E-state index in [1.807, 2.05) is 37.3 Å². The van der Waals surface area contributed by atoms with Crippen molar-refractivity contribution in [3.05, 3.63) is 63.6 Å². The van der Waals surface area contributed by atoms with E-state index in [9.17, 15) is 9.59 Å². The average molecular weight is 425 g/mol. The maximum absolute atomic E-state index is 12.0. The molecule has 0 radical (unpaired) electrons. The molecule has 3 N–H and O–H groups in total. The normalized spacial score (nSPS) is 11.5. The first kappa shape index (κ1) is 19.3. The Hall–Kier alpha value is -2.05. The van der Waals surface area contributed by atoms with Crippen molar-refractivity contribution in [3.8, 4) is 0 Å². The Balaban J connectivity index is 1.71. The lowest BCUT2D eigenvalue weighted by molar-refractivity contribution is -0.121. The van der Waals surface area contributed by atoms with Gasteiger partial charge >= 0.3 is 6.03 Å². The first-order valence-corrected chi connectivity index (χ1v) is 8.96. The van der Waals surface area contributed by atoms with E-state index in [2.05, 4.69) is 31.9 Å². The Morgan fingerprint density at radius 1 is 1.16 bits per heavy atom. The van der Waals surface area contributed by atoms with E-state index in [4.69, 9.17) is 11.6 Å². The Morgan fingerprint density at radius 2 is 1.88 bits per heavy atom. The van der Waals surface area contributed by atoms with E-state index in [0.29, 0.717) is 10.7 Å². The summed E-state index contributed by atoms with van der Waals surface area (Å²) >= 11 is 9.28. The molecule has 2 aromatic rings. The smallest absolute Gasteiger partial charge is 0.319 e. The summed E-state index contributed by atoms with van der Waals surface area (Å²) in [5.74, 6) is -0.142. The van der Waals surface area contributed by atoms with Crippen LogP contribution in [0.2, 0.25) is 5.02 Å². The summed E-state index contributed by atoms with van der Waals surface area (Å²) in [5, 5.41) is 8.86. The first-order chi connectivity index (χ1) is 11.9. The third-order valence-electron chi connectivity index (χ3n) is 3.47. The molecule has 0 aliphatic rings. The van der Waals surface area contributed by atoms with Crippen molar-refractivity contribution in [1.29, 1.82) is 0 Å². The van der Waals surface area contributed by atoms with Crippen molar-refractivity contribution < 1.29 is 9.59 Å². The second-order valence-corrected chi connectivity index (χ2v) is 6.83. The molecule has 2 aromatic carbocycles. The largest absolute Gasteiger partial charge is 0.350 e. The molecule has 1 atom stereocenters. The van der Waals surface area contributed by atoms with Crippen molar-refractivity contribution in [2.45, 2.75) is 19.4 Å². The van der Waals surface area contributed by atoms with Crippen LogP contribution < -0.4 is 16.0 Å². The predicted octanol–water partition coefficient (Wildman–Crippen LogP) is 4.49. The highest BCUT2D eigenvalue weighted by molar-refractivity contribution is 9.10. The van der Waals surface area contributed by atoms with E-state index < -0.39 is 0 Å².